The Hall–Kier alpha value is -1.42. The first-order valence-electron chi connectivity index (χ1n) is 8.23. The predicted molar refractivity (Wildman–Crippen MR) is 89.4 cm³/mol. The largest absolute Gasteiger partial charge is 0.417 e. The van der Waals surface area contributed by atoms with Crippen LogP contribution in [0.3, 0.4) is 0 Å². The van der Waals surface area contributed by atoms with Gasteiger partial charge < -0.3 is 10.1 Å². The van der Waals surface area contributed by atoms with Gasteiger partial charge in [0.15, 0.2) is 6.40 Å². The minimum absolute atomic E-state index is 0.177. The van der Waals surface area contributed by atoms with Gasteiger partial charge in [-0.25, -0.2) is 13.8 Å². The Labute approximate surface area is 152 Å². The normalized spacial score (nSPS) is 26.8. The number of piperidine rings is 1. The Morgan fingerprint density at radius 1 is 1.31 bits per heavy atom. The van der Waals surface area contributed by atoms with Crippen LogP contribution in [0.4, 0.5) is 22.0 Å². The van der Waals surface area contributed by atoms with Crippen LogP contribution in [0, 0.1) is 11.8 Å². The van der Waals surface area contributed by atoms with Crippen molar-refractivity contribution in [3.8, 4) is 0 Å². The summed E-state index contributed by atoms with van der Waals surface area (Å²) in [4.78, 5) is 15.7. The fourth-order valence-corrected chi connectivity index (χ4v) is 3.42. The number of carbonyl (C=O) groups is 1. The fraction of sp³-hybridized carbons (Fsp3) is 0.688. The van der Waals surface area contributed by atoms with E-state index in [0.717, 1.165) is 11.8 Å². The second kappa shape index (κ2) is 8.98. The van der Waals surface area contributed by atoms with Crippen LogP contribution in [0.15, 0.2) is 16.4 Å². The quantitative estimate of drug-likeness (QED) is 0.253. The van der Waals surface area contributed by atoms with Crippen molar-refractivity contribution >= 4 is 30.0 Å². The molecule has 0 radical (unpaired) electrons. The maximum atomic E-state index is 14.3. The molecule has 0 spiro atoms. The number of rotatable bonds is 5. The van der Waals surface area contributed by atoms with Gasteiger partial charge in [0.1, 0.15) is 12.0 Å². The van der Waals surface area contributed by atoms with E-state index in [1.165, 1.54) is 0 Å². The zero-order valence-corrected chi connectivity index (χ0v) is 14.6. The van der Waals surface area contributed by atoms with E-state index in [-0.39, 0.29) is 12.3 Å². The number of hydrogen-bond acceptors (Lipinski definition) is 5. The summed E-state index contributed by atoms with van der Waals surface area (Å²) in [7, 11) is 0. The van der Waals surface area contributed by atoms with Gasteiger partial charge in [-0.05, 0) is 32.4 Å². The highest BCUT2D eigenvalue weighted by Gasteiger charge is 2.48. The van der Waals surface area contributed by atoms with Gasteiger partial charge in [-0.1, -0.05) is 12.2 Å². The molecule has 1 aliphatic heterocycles. The molecule has 1 aliphatic carbocycles. The zero-order valence-electron chi connectivity index (χ0n) is 13.8. The van der Waals surface area contributed by atoms with Crippen molar-refractivity contribution in [1.29, 1.82) is 0 Å². The molecule has 0 aromatic carbocycles. The molecule has 2 aliphatic rings. The molecule has 0 saturated carbocycles. The molecule has 0 aromatic heterocycles. The Bertz CT molecular complexity index is 588. The second-order valence-corrected chi connectivity index (χ2v) is 6.54. The summed E-state index contributed by atoms with van der Waals surface area (Å²) >= 11 is 4.73. The number of esters is 1. The number of allylic oxidation sites excluding steroid dienone is 2. The van der Waals surface area contributed by atoms with Crippen LogP contribution >= 0.6 is 12.2 Å². The summed E-state index contributed by atoms with van der Waals surface area (Å²) in [6, 6.07) is -1.13. The van der Waals surface area contributed by atoms with Gasteiger partial charge in [-0.3, -0.25) is 4.79 Å². The van der Waals surface area contributed by atoms with Gasteiger partial charge in [0.25, 0.3) is 0 Å². The third kappa shape index (κ3) is 5.06. The summed E-state index contributed by atoms with van der Waals surface area (Å²) in [5.41, 5.74) is -1.81. The maximum absolute atomic E-state index is 14.3. The topological polar surface area (TPSA) is 50.7 Å². The summed E-state index contributed by atoms with van der Waals surface area (Å²) in [5.74, 6) is -3.55. The Kier molecular flexibility index (Phi) is 7.22. The molecule has 4 nitrogen and oxygen atoms in total. The monoisotopic (exact) mass is 398 g/mol. The van der Waals surface area contributed by atoms with E-state index in [9.17, 15) is 26.7 Å². The minimum atomic E-state index is -5.10. The molecule has 2 rings (SSSR count). The minimum Gasteiger partial charge on any atom is -0.415 e. The molecule has 146 valence electrons. The number of ether oxygens (including phenoxy) is 1. The summed E-state index contributed by atoms with van der Waals surface area (Å²) in [6.45, 7) is 1.37. The summed E-state index contributed by atoms with van der Waals surface area (Å²) < 4.78 is 71.2. The smallest absolute Gasteiger partial charge is 0.415 e. The zero-order chi connectivity index (χ0) is 19.3. The van der Waals surface area contributed by atoms with Gasteiger partial charge in [0.2, 0.25) is 0 Å². The molecule has 0 bridgehead atoms. The molecule has 10 heteroatoms. The first kappa shape index (κ1) is 20.9. The van der Waals surface area contributed by atoms with Crippen molar-refractivity contribution in [3.05, 3.63) is 11.4 Å². The van der Waals surface area contributed by atoms with Gasteiger partial charge in [-0.15, -0.1) is 0 Å². The Morgan fingerprint density at radius 2 is 1.96 bits per heavy atom. The predicted octanol–water partition coefficient (Wildman–Crippen LogP) is 3.46. The van der Waals surface area contributed by atoms with Gasteiger partial charge >= 0.3 is 12.1 Å². The van der Waals surface area contributed by atoms with Crippen LogP contribution in [0.25, 0.3) is 0 Å². The average molecular weight is 398 g/mol. The second-order valence-electron chi connectivity index (χ2n) is 6.26. The van der Waals surface area contributed by atoms with E-state index in [0.29, 0.717) is 25.9 Å². The number of aliphatic imine (C=N–C) groups is 1. The summed E-state index contributed by atoms with van der Waals surface area (Å²) in [5, 5.41) is 4.10. The van der Waals surface area contributed by atoms with Crippen LogP contribution in [0.5, 0.6) is 0 Å². The summed E-state index contributed by atoms with van der Waals surface area (Å²) in [6.07, 6.45) is -6.38. The van der Waals surface area contributed by atoms with E-state index in [2.05, 4.69) is 10.3 Å². The standard InChI is InChI=1S/C16H19F5N2O2S/c17-11-2-1-10(14(18)13(11)16(19,20)21)12(7-26)23-8-25-15(24)9-3-5-22-6-4-9/h7-10,12,14,22H,1-6H2. The lowest BCUT2D eigenvalue weighted by Crippen LogP contribution is -2.38. The average Bonchev–Trinajstić information content (AvgIpc) is 2.59. The first-order valence-corrected chi connectivity index (χ1v) is 8.70. The van der Waals surface area contributed by atoms with E-state index in [4.69, 9.17) is 17.0 Å². The maximum Gasteiger partial charge on any atom is 0.417 e. The SMILES string of the molecule is O=C(OC=NC(C=S)C1CCC(F)=C(C(F)(F)F)C1F)C1CCNCC1. The van der Waals surface area contributed by atoms with Crippen LogP contribution in [-0.4, -0.2) is 49.2 Å². The lowest BCUT2D eigenvalue weighted by Gasteiger charge is -2.31. The molecular weight excluding hydrogens is 379 g/mol. The molecule has 1 saturated heterocycles. The van der Waals surface area contributed by atoms with E-state index >= 15 is 0 Å². The number of carbonyl (C=O) groups excluding carboxylic acids is 1. The number of nitrogens with zero attached hydrogens (tertiary/aromatic N) is 1. The van der Waals surface area contributed by atoms with E-state index in [1.54, 1.807) is 0 Å². The number of thiocarbonyl (C=S) groups is 1. The Morgan fingerprint density at radius 3 is 2.54 bits per heavy atom. The Balaban J connectivity index is 2.01. The van der Waals surface area contributed by atoms with Gasteiger partial charge in [0.05, 0.1) is 17.5 Å². The highest BCUT2D eigenvalue weighted by atomic mass is 32.1. The molecule has 26 heavy (non-hydrogen) atoms. The highest BCUT2D eigenvalue weighted by molar-refractivity contribution is 7.79. The number of alkyl halides is 4. The molecule has 0 amide bonds. The lowest BCUT2D eigenvalue weighted by atomic mass is 9.82. The molecule has 1 N–H and O–H groups in total. The third-order valence-corrected chi connectivity index (χ3v) is 4.88. The number of halogens is 5. The lowest BCUT2D eigenvalue weighted by molar-refractivity contribution is -0.140. The highest BCUT2D eigenvalue weighted by Crippen LogP contribution is 2.43. The van der Waals surface area contributed by atoms with Gasteiger partial charge in [-0.2, -0.15) is 13.2 Å². The van der Waals surface area contributed by atoms with Crippen LogP contribution in [0.2, 0.25) is 0 Å². The fourth-order valence-electron chi connectivity index (χ4n) is 3.15. The van der Waals surface area contributed by atoms with Crippen molar-refractivity contribution in [2.24, 2.45) is 16.8 Å². The van der Waals surface area contributed by atoms with Crippen molar-refractivity contribution in [2.45, 2.75) is 44.1 Å². The third-order valence-electron chi connectivity index (χ3n) is 4.60. The van der Waals surface area contributed by atoms with Crippen molar-refractivity contribution in [2.75, 3.05) is 13.1 Å². The van der Waals surface area contributed by atoms with Gasteiger partial charge in [0, 0.05) is 17.7 Å². The molecule has 3 atom stereocenters. The molecule has 0 aromatic rings. The number of hydrogen-bond donors (Lipinski definition) is 1. The molecule has 3 unspecified atom stereocenters. The van der Waals surface area contributed by atoms with Crippen molar-refractivity contribution < 1.29 is 31.5 Å². The van der Waals surface area contributed by atoms with Crippen molar-refractivity contribution in [1.82, 2.24) is 5.32 Å². The van der Waals surface area contributed by atoms with E-state index in [1.807, 2.05) is 0 Å². The number of nitrogens with one attached hydrogen (secondary N) is 1. The van der Waals surface area contributed by atoms with E-state index < -0.39 is 48.1 Å². The first-order chi connectivity index (χ1) is 12.3. The molecule has 1 heterocycles. The van der Waals surface area contributed by atoms with Crippen LogP contribution in [-0.2, 0) is 9.53 Å². The van der Waals surface area contributed by atoms with Crippen LogP contribution < -0.4 is 5.32 Å². The van der Waals surface area contributed by atoms with Crippen LogP contribution in [0.1, 0.15) is 25.7 Å². The van der Waals surface area contributed by atoms with Crippen molar-refractivity contribution in [3.63, 3.8) is 0 Å². The molecular formula is C16H19F5N2O2S. The molecule has 1 fully saturated rings.